The van der Waals surface area contributed by atoms with E-state index in [1.165, 1.54) is 11.1 Å². The highest BCUT2D eigenvalue weighted by Gasteiger charge is 2.07. The molecular formula is C14H11N3. The standard InChI is InChI=1S/C14H11N3/c1-2-4-11(5-3-1)12-6-8-13(9-7-12)14-10-15-17-16-14/h1-9H,10H2. The van der Waals surface area contributed by atoms with Gasteiger partial charge in [-0.25, -0.2) is 0 Å². The number of benzene rings is 2. The summed E-state index contributed by atoms with van der Waals surface area (Å²) in [6.45, 7) is 0.588. The Hall–Kier alpha value is -2.29. The Morgan fingerprint density at radius 2 is 1.35 bits per heavy atom. The lowest BCUT2D eigenvalue weighted by atomic mass is 10.0. The molecule has 0 amide bonds. The minimum absolute atomic E-state index is 0.588. The number of nitrogens with zero attached hydrogens (tertiary/aromatic N) is 3. The predicted octanol–water partition coefficient (Wildman–Crippen LogP) is 3.52. The number of hydrogen-bond acceptors (Lipinski definition) is 3. The van der Waals surface area contributed by atoms with Gasteiger partial charge < -0.3 is 0 Å². The maximum absolute atomic E-state index is 3.98. The highest BCUT2D eigenvalue weighted by atomic mass is 15.4. The summed E-state index contributed by atoms with van der Waals surface area (Å²) in [5, 5.41) is 11.5. The number of rotatable bonds is 2. The van der Waals surface area contributed by atoms with Crippen LogP contribution >= 0.6 is 0 Å². The second-order valence-electron chi connectivity index (χ2n) is 3.88. The van der Waals surface area contributed by atoms with Gasteiger partial charge in [0, 0.05) is 0 Å². The fourth-order valence-corrected chi connectivity index (χ4v) is 1.85. The monoisotopic (exact) mass is 221 g/mol. The van der Waals surface area contributed by atoms with Gasteiger partial charge in [0.25, 0.3) is 0 Å². The molecule has 0 fully saturated rings. The van der Waals surface area contributed by atoms with Crippen LogP contribution in [0.5, 0.6) is 0 Å². The van der Waals surface area contributed by atoms with Crippen molar-refractivity contribution in [1.82, 2.24) is 0 Å². The van der Waals surface area contributed by atoms with Crippen LogP contribution in [0.25, 0.3) is 11.1 Å². The zero-order valence-corrected chi connectivity index (χ0v) is 9.24. The lowest BCUT2D eigenvalue weighted by Crippen LogP contribution is -2.00. The molecule has 0 radical (unpaired) electrons. The third-order valence-corrected chi connectivity index (χ3v) is 2.77. The van der Waals surface area contributed by atoms with Crippen molar-refractivity contribution in [3.8, 4) is 11.1 Å². The molecule has 0 N–H and O–H groups in total. The average molecular weight is 221 g/mol. The molecule has 1 aliphatic rings. The van der Waals surface area contributed by atoms with Crippen molar-refractivity contribution < 1.29 is 0 Å². The van der Waals surface area contributed by atoms with E-state index in [1.54, 1.807) is 0 Å². The zero-order valence-electron chi connectivity index (χ0n) is 9.24. The summed E-state index contributed by atoms with van der Waals surface area (Å²) in [4.78, 5) is 0. The molecule has 3 heteroatoms. The van der Waals surface area contributed by atoms with Gasteiger partial charge in [0.05, 0.1) is 5.71 Å². The molecule has 3 rings (SSSR count). The summed E-state index contributed by atoms with van der Waals surface area (Å²) in [7, 11) is 0. The molecular weight excluding hydrogens is 210 g/mol. The van der Waals surface area contributed by atoms with Crippen LogP contribution in [0, 0.1) is 0 Å². The van der Waals surface area contributed by atoms with Crippen LogP contribution in [0.4, 0.5) is 0 Å². The van der Waals surface area contributed by atoms with E-state index in [-0.39, 0.29) is 0 Å². The molecule has 1 heterocycles. The Morgan fingerprint density at radius 3 is 2.00 bits per heavy atom. The van der Waals surface area contributed by atoms with Crippen molar-refractivity contribution in [2.75, 3.05) is 6.54 Å². The van der Waals surface area contributed by atoms with Crippen molar-refractivity contribution in [1.29, 1.82) is 0 Å². The third-order valence-electron chi connectivity index (χ3n) is 2.77. The van der Waals surface area contributed by atoms with Gasteiger partial charge in [-0.2, -0.15) is 5.11 Å². The minimum Gasteiger partial charge on any atom is -0.162 e. The van der Waals surface area contributed by atoms with Crippen LogP contribution in [0.2, 0.25) is 0 Å². The third kappa shape index (κ3) is 1.99. The largest absolute Gasteiger partial charge is 0.162 e. The molecule has 0 aromatic heterocycles. The van der Waals surface area contributed by atoms with Crippen LogP contribution < -0.4 is 0 Å². The Morgan fingerprint density at radius 1 is 0.706 bits per heavy atom. The van der Waals surface area contributed by atoms with Crippen LogP contribution in [0.15, 0.2) is 70.0 Å². The molecule has 1 aliphatic heterocycles. The fraction of sp³-hybridized carbons (Fsp3) is 0.0714. The molecule has 3 nitrogen and oxygen atoms in total. The summed E-state index contributed by atoms with van der Waals surface area (Å²) in [6, 6.07) is 18.7. The minimum atomic E-state index is 0.588. The molecule has 0 aliphatic carbocycles. The summed E-state index contributed by atoms with van der Waals surface area (Å²) in [6.07, 6.45) is 0. The SMILES string of the molecule is c1ccc(-c2ccc(C3=NN=NC3)cc2)cc1. The number of hydrogen-bond donors (Lipinski definition) is 0. The van der Waals surface area contributed by atoms with Gasteiger partial charge in [-0.3, -0.25) is 0 Å². The van der Waals surface area contributed by atoms with Gasteiger partial charge in [-0.05, 0) is 21.9 Å². The van der Waals surface area contributed by atoms with Crippen molar-refractivity contribution in [3.05, 3.63) is 60.2 Å². The Bertz CT molecular complexity index is 568. The summed E-state index contributed by atoms with van der Waals surface area (Å²) < 4.78 is 0. The topological polar surface area (TPSA) is 37.1 Å². The Balaban J connectivity index is 1.90. The van der Waals surface area contributed by atoms with E-state index in [0.717, 1.165) is 11.3 Å². The molecule has 0 atom stereocenters. The van der Waals surface area contributed by atoms with Gasteiger partial charge in [0.15, 0.2) is 0 Å². The van der Waals surface area contributed by atoms with E-state index in [1.807, 2.05) is 18.2 Å². The van der Waals surface area contributed by atoms with Crippen LogP contribution in [-0.2, 0) is 0 Å². The van der Waals surface area contributed by atoms with E-state index in [9.17, 15) is 0 Å². The van der Waals surface area contributed by atoms with Crippen LogP contribution in [0.3, 0.4) is 0 Å². The van der Waals surface area contributed by atoms with Crippen LogP contribution in [0.1, 0.15) is 5.56 Å². The first kappa shape index (κ1) is 9.90. The molecule has 0 spiro atoms. The highest BCUT2D eigenvalue weighted by molar-refractivity contribution is 6.02. The lowest BCUT2D eigenvalue weighted by molar-refractivity contribution is 1.06. The quantitative estimate of drug-likeness (QED) is 0.744. The molecule has 0 saturated heterocycles. The van der Waals surface area contributed by atoms with Crippen molar-refractivity contribution in [3.63, 3.8) is 0 Å². The normalized spacial score (nSPS) is 13.8. The Labute approximate surface area is 99.5 Å². The summed E-state index contributed by atoms with van der Waals surface area (Å²) in [5.74, 6) is 0. The van der Waals surface area contributed by atoms with E-state index in [2.05, 4.69) is 51.8 Å². The fourth-order valence-electron chi connectivity index (χ4n) is 1.85. The van der Waals surface area contributed by atoms with Crippen molar-refractivity contribution in [2.24, 2.45) is 15.4 Å². The first-order valence-electron chi connectivity index (χ1n) is 5.53. The second kappa shape index (κ2) is 4.29. The van der Waals surface area contributed by atoms with E-state index < -0.39 is 0 Å². The smallest absolute Gasteiger partial charge is 0.107 e. The molecule has 2 aromatic rings. The zero-order chi connectivity index (χ0) is 11.5. The van der Waals surface area contributed by atoms with Crippen LogP contribution in [-0.4, -0.2) is 12.3 Å². The molecule has 2 aromatic carbocycles. The molecule has 0 unspecified atom stereocenters. The van der Waals surface area contributed by atoms with Crippen molar-refractivity contribution >= 4 is 5.71 Å². The van der Waals surface area contributed by atoms with Gasteiger partial charge in [-0.1, -0.05) is 54.6 Å². The molecule has 17 heavy (non-hydrogen) atoms. The van der Waals surface area contributed by atoms with Gasteiger partial charge in [0.2, 0.25) is 0 Å². The average Bonchev–Trinajstić information content (AvgIpc) is 2.94. The first-order valence-corrected chi connectivity index (χ1v) is 5.53. The van der Waals surface area contributed by atoms with Crippen molar-refractivity contribution in [2.45, 2.75) is 0 Å². The molecule has 0 bridgehead atoms. The summed E-state index contributed by atoms with van der Waals surface area (Å²) >= 11 is 0. The Kier molecular flexibility index (Phi) is 2.50. The highest BCUT2D eigenvalue weighted by Crippen LogP contribution is 2.20. The van der Waals surface area contributed by atoms with E-state index in [4.69, 9.17) is 0 Å². The molecule has 82 valence electrons. The van der Waals surface area contributed by atoms with Gasteiger partial charge >= 0.3 is 0 Å². The molecule has 0 saturated carbocycles. The van der Waals surface area contributed by atoms with Gasteiger partial charge in [0.1, 0.15) is 6.54 Å². The maximum Gasteiger partial charge on any atom is 0.107 e. The summed E-state index contributed by atoms with van der Waals surface area (Å²) in [5.41, 5.74) is 4.46. The second-order valence-corrected chi connectivity index (χ2v) is 3.88. The van der Waals surface area contributed by atoms with Gasteiger partial charge in [-0.15, -0.1) is 5.10 Å². The van der Waals surface area contributed by atoms with E-state index >= 15 is 0 Å². The predicted molar refractivity (Wildman–Crippen MR) is 68.1 cm³/mol. The van der Waals surface area contributed by atoms with E-state index in [0.29, 0.717) is 6.54 Å². The maximum atomic E-state index is 3.98. The lowest BCUT2D eigenvalue weighted by Gasteiger charge is -2.03. The first-order chi connectivity index (χ1) is 8.43.